The van der Waals surface area contributed by atoms with Crippen LogP contribution in [-0.4, -0.2) is 30.4 Å². The van der Waals surface area contributed by atoms with Gasteiger partial charge in [-0.2, -0.15) is 5.26 Å². The molecule has 0 saturated carbocycles. The fraction of sp³-hybridized carbons (Fsp3) is 0.154. The molecule has 0 heterocycles. The van der Waals surface area contributed by atoms with E-state index in [1.165, 1.54) is 0 Å². The average Bonchev–Trinajstić information content (AvgIpc) is 2.86. The Balaban J connectivity index is 1.65. The monoisotopic (exact) mass is 441 g/mol. The van der Waals surface area contributed by atoms with Crippen molar-refractivity contribution in [1.29, 1.82) is 5.26 Å². The fourth-order valence-electron chi connectivity index (χ4n) is 3.15. The van der Waals surface area contributed by atoms with Crippen molar-refractivity contribution in [3.05, 3.63) is 107 Å². The number of hydrogen-bond donors (Lipinski definition) is 2. The highest BCUT2D eigenvalue weighted by Crippen LogP contribution is 2.13. The Morgan fingerprint density at radius 1 is 0.818 bits per heavy atom. The molecule has 0 saturated heterocycles. The lowest BCUT2D eigenvalue weighted by molar-refractivity contribution is -0.122. The van der Waals surface area contributed by atoms with Gasteiger partial charge < -0.3 is 15.4 Å². The molecule has 0 fully saturated rings. The first-order valence-corrected chi connectivity index (χ1v) is 10.4. The molecule has 0 spiro atoms. The molecule has 0 aliphatic heterocycles. The molecule has 166 valence electrons. The van der Waals surface area contributed by atoms with Crippen molar-refractivity contribution >= 4 is 17.8 Å². The van der Waals surface area contributed by atoms with Gasteiger partial charge in [0.05, 0.1) is 6.07 Å². The first-order valence-electron chi connectivity index (χ1n) is 10.4. The minimum atomic E-state index is -0.947. The van der Waals surface area contributed by atoms with Crippen molar-refractivity contribution in [2.45, 2.75) is 19.1 Å². The highest BCUT2D eigenvalue weighted by Gasteiger charge is 2.22. The predicted molar refractivity (Wildman–Crippen MR) is 122 cm³/mol. The van der Waals surface area contributed by atoms with Crippen molar-refractivity contribution in [2.24, 2.45) is 0 Å². The van der Waals surface area contributed by atoms with E-state index in [1.54, 1.807) is 48.5 Å². The number of carbonyl (C=O) groups is 3. The fourth-order valence-corrected chi connectivity index (χ4v) is 3.15. The Bertz CT molecular complexity index is 1120. The lowest BCUT2D eigenvalue weighted by atomic mass is 9.99. The number of hydrogen-bond acceptors (Lipinski definition) is 5. The van der Waals surface area contributed by atoms with Gasteiger partial charge in [-0.3, -0.25) is 9.59 Å². The van der Waals surface area contributed by atoms with Gasteiger partial charge in [0.15, 0.2) is 5.78 Å². The van der Waals surface area contributed by atoms with Crippen LogP contribution in [0.3, 0.4) is 0 Å². The number of ether oxygens (including phenoxy) is 1. The Morgan fingerprint density at radius 3 is 2.06 bits per heavy atom. The molecular formula is C26H23N3O4. The highest BCUT2D eigenvalue weighted by molar-refractivity contribution is 6.08. The number of nitriles is 1. The van der Waals surface area contributed by atoms with E-state index < -0.39 is 18.0 Å². The molecule has 0 aliphatic carbocycles. The van der Waals surface area contributed by atoms with E-state index in [0.717, 1.165) is 11.1 Å². The molecule has 0 radical (unpaired) electrons. The smallest absolute Gasteiger partial charge is 0.408 e. The van der Waals surface area contributed by atoms with Gasteiger partial charge in [-0.15, -0.1) is 0 Å². The molecular weight excluding hydrogens is 418 g/mol. The van der Waals surface area contributed by atoms with Crippen molar-refractivity contribution in [3.63, 3.8) is 0 Å². The van der Waals surface area contributed by atoms with Crippen LogP contribution in [0.25, 0.3) is 0 Å². The molecule has 2 N–H and O–H groups in total. The number of benzene rings is 3. The van der Waals surface area contributed by atoms with Crippen molar-refractivity contribution in [3.8, 4) is 6.07 Å². The van der Waals surface area contributed by atoms with Crippen molar-refractivity contribution in [1.82, 2.24) is 10.6 Å². The number of ketones is 1. The summed E-state index contributed by atoms with van der Waals surface area (Å²) in [4.78, 5) is 37.3. The van der Waals surface area contributed by atoms with Crippen LogP contribution in [0.15, 0.2) is 84.9 Å². The van der Waals surface area contributed by atoms with Gasteiger partial charge in [0.1, 0.15) is 19.2 Å². The number of nitrogens with zero attached hydrogens (tertiary/aromatic N) is 1. The van der Waals surface area contributed by atoms with Gasteiger partial charge >= 0.3 is 6.09 Å². The highest BCUT2D eigenvalue weighted by atomic mass is 16.5. The summed E-state index contributed by atoms with van der Waals surface area (Å²) in [7, 11) is 0. The van der Waals surface area contributed by atoms with Gasteiger partial charge in [0.2, 0.25) is 5.91 Å². The van der Waals surface area contributed by atoms with Crippen LogP contribution in [0.4, 0.5) is 4.79 Å². The van der Waals surface area contributed by atoms with E-state index in [-0.39, 0.29) is 25.4 Å². The summed E-state index contributed by atoms with van der Waals surface area (Å²) in [6.07, 6.45) is -0.579. The lowest BCUT2D eigenvalue weighted by Crippen LogP contribution is -2.48. The summed E-state index contributed by atoms with van der Waals surface area (Å²) in [5, 5.41) is 13.8. The number of carbonyl (C=O) groups excluding carboxylic acids is 3. The predicted octanol–water partition coefficient (Wildman–Crippen LogP) is 3.39. The molecule has 1 atom stereocenters. The average molecular weight is 441 g/mol. The van der Waals surface area contributed by atoms with E-state index in [0.29, 0.717) is 11.1 Å². The van der Waals surface area contributed by atoms with Crippen molar-refractivity contribution < 1.29 is 19.1 Å². The van der Waals surface area contributed by atoms with Gasteiger partial charge in [0.25, 0.3) is 0 Å². The minimum absolute atomic E-state index is 0.0650. The molecule has 0 bridgehead atoms. The maximum absolute atomic E-state index is 12.6. The molecule has 3 aromatic carbocycles. The number of alkyl carbamates (subject to hydrolysis) is 1. The van der Waals surface area contributed by atoms with Crippen LogP contribution in [-0.2, 0) is 22.6 Å². The number of amides is 2. The maximum Gasteiger partial charge on any atom is 0.408 e. The Hall–Kier alpha value is -4.44. The molecule has 3 aromatic rings. The first kappa shape index (κ1) is 23.2. The third-order valence-electron chi connectivity index (χ3n) is 4.85. The normalized spacial score (nSPS) is 11.0. The van der Waals surface area contributed by atoms with Crippen LogP contribution in [0.1, 0.15) is 27.0 Å². The summed E-state index contributed by atoms with van der Waals surface area (Å²) < 4.78 is 5.21. The van der Waals surface area contributed by atoms with Gasteiger partial charge in [0, 0.05) is 17.5 Å². The zero-order valence-electron chi connectivity index (χ0n) is 17.9. The summed E-state index contributed by atoms with van der Waals surface area (Å²) >= 11 is 0. The van der Waals surface area contributed by atoms with E-state index in [2.05, 4.69) is 10.6 Å². The minimum Gasteiger partial charge on any atom is -0.445 e. The maximum atomic E-state index is 12.6. The molecule has 0 aromatic heterocycles. The standard InChI is InChI=1S/C26H23N3O4/c27-15-16-28-25(31)23(29-26(32)33-18-20-7-3-1-4-8-20)17-19-11-13-22(14-12-19)24(30)21-9-5-2-6-10-21/h1-14,23H,16-18H2,(H,28,31)(H,29,32). The molecule has 7 nitrogen and oxygen atoms in total. The van der Waals surface area contributed by atoms with Crippen LogP contribution in [0.2, 0.25) is 0 Å². The molecule has 3 rings (SSSR count). The van der Waals surface area contributed by atoms with Crippen LogP contribution >= 0.6 is 0 Å². The largest absolute Gasteiger partial charge is 0.445 e. The Labute approximate surface area is 192 Å². The van der Waals surface area contributed by atoms with E-state index in [4.69, 9.17) is 10.00 Å². The zero-order valence-corrected chi connectivity index (χ0v) is 17.9. The summed E-state index contributed by atoms with van der Waals surface area (Å²) in [6.45, 7) is -0.115. The quantitative estimate of drug-likeness (QED) is 0.391. The molecule has 1 unspecified atom stereocenters. The second-order valence-electron chi connectivity index (χ2n) is 7.23. The zero-order chi connectivity index (χ0) is 23.5. The van der Waals surface area contributed by atoms with Crippen LogP contribution < -0.4 is 10.6 Å². The van der Waals surface area contributed by atoms with E-state index in [9.17, 15) is 14.4 Å². The van der Waals surface area contributed by atoms with Crippen LogP contribution in [0, 0.1) is 11.3 Å². The summed E-state index contributed by atoms with van der Waals surface area (Å²) in [6, 6.07) is 25.8. The van der Waals surface area contributed by atoms with Gasteiger partial charge in [-0.05, 0) is 11.1 Å². The van der Waals surface area contributed by atoms with Crippen molar-refractivity contribution in [2.75, 3.05) is 6.54 Å². The SMILES string of the molecule is N#CCNC(=O)C(Cc1ccc(C(=O)c2ccccc2)cc1)NC(=O)OCc1ccccc1. The van der Waals surface area contributed by atoms with E-state index >= 15 is 0 Å². The molecule has 33 heavy (non-hydrogen) atoms. The second kappa shape index (κ2) is 11.8. The summed E-state index contributed by atoms with van der Waals surface area (Å²) in [5.74, 6) is -0.606. The lowest BCUT2D eigenvalue weighted by Gasteiger charge is -2.18. The van der Waals surface area contributed by atoms with Gasteiger partial charge in [-0.25, -0.2) is 4.79 Å². The Kier molecular flexibility index (Phi) is 8.32. The molecule has 2 amide bonds. The summed E-state index contributed by atoms with van der Waals surface area (Å²) in [5.41, 5.74) is 2.66. The number of rotatable bonds is 9. The van der Waals surface area contributed by atoms with E-state index in [1.807, 2.05) is 42.5 Å². The third-order valence-corrected chi connectivity index (χ3v) is 4.85. The molecule has 7 heteroatoms. The third kappa shape index (κ3) is 7.04. The first-order chi connectivity index (χ1) is 16.1. The Morgan fingerprint density at radius 2 is 1.42 bits per heavy atom. The number of nitrogens with one attached hydrogen (secondary N) is 2. The molecule has 0 aliphatic rings. The second-order valence-corrected chi connectivity index (χ2v) is 7.23. The van der Waals surface area contributed by atoms with Crippen LogP contribution in [0.5, 0.6) is 0 Å². The topological polar surface area (TPSA) is 108 Å². The van der Waals surface area contributed by atoms with Gasteiger partial charge in [-0.1, -0.05) is 84.9 Å².